The van der Waals surface area contributed by atoms with Crippen molar-refractivity contribution in [2.45, 2.75) is 23.9 Å². The molecule has 0 fully saturated rings. The average molecular weight is 639 g/mol. The highest BCUT2D eigenvalue weighted by molar-refractivity contribution is 9.10. The van der Waals surface area contributed by atoms with Gasteiger partial charge in [0, 0.05) is 24.5 Å². The van der Waals surface area contributed by atoms with E-state index in [1.54, 1.807) is 30.3 Å². The number of sulfonamides is 1. The van der Waals surface area contributed by atoms with Gasteiger partial charge in [-0.1, -0.05) is 76.6 Å². The summed E-state index contributed by atoms with van der Waals surface area (Å²) in [6, 6.07) is 28.3. The molecule has 0 heterocycles. The first-order valence-electron chi connectivity index (χ1n) is 12.8. The van der Waals surface area contributed by atoms with Crippen LogP contribution < -0.4 is 9.62 Å². The number of anilines is 1. The van der Waals surface area contributed by atoms with Crippen LogP contribution in [0.5, 0.6) is 0 Å². The summed E-state index contributed by atoms with van der Waals surface area (Å²) in [6.45, 7) is -0.515. The van der Waals surface area contributed by atoms with E-state index in [0.29, 0.717) is 0 Å². The zero-order valence-electron chi connectivity index (χ0n) is 22.3. The Hall–Kier alpha value is -4.02. The molecular formula is C31H29BrFN3O4S. The first-order chi connectivity index (χ1) is 19.7. The van der Waals surface area contributed by atoms with Crippen molar-refractivity contribution in [3.8, 4) is 0 Å². The van der Waals surface area contributed by atoms with E-state index in [1.165, 1.54) is 11.9 Å². The van der Waals surface area contributed by atoms with Gasteiger partial charge < -0.3 is 10.2 Å². The molecule has 4 rings (SSSR count). The minimum Gasteiger partial charge on any atom is -0.357 e. The van der Waals surface area contributed by atoms with Crippen molar-refractivity contribution >= 4 is 43.5 Å². The topological polar surface area (TPSA) is 86.8 Å². The summed E-state index contributed by atoms with van der Waals surface area (Å²) in [5.41, 5.74) is 1.86. The first-order valence-corrected chi connectivity index (χ1v) is 15.0. The number of likely N-dealkylation sites (N-methyl/N-ethyl adjacent to an activating group) is 1. The third-order valence-electron chi connectivity index (χ3n) is 6.51. The molecule has 0 aromatic heterocycles. The monoisotopic (exact) mass is 637 g/mol. The average Bonchev–Trinajstić information content (AvgIpc) is 2.99. The van der Waals surface area contributed by atoms with E-state index >= 15 is 0 Å². The Bertz CT molecular complexity index is 1570. The number of nitrogens with zero attached hydrogens (tertiary/aromatic N) is 2. The van der Waals surface area contributed by atoms with E-state index in [9.17, 15) is 22.4 Å². The molecule has 7 nitrogen and oxygen atoms in total. The SMILES string of the molecule is CNC(=O)[C@@H](Cc1ccccc1)N(Cc1ccc(Br)cc1)C(=O)CN(c1ccccc1)S(=O)(=O)c1ccc(F)cc1. The summed E-state index contributed by atoms with van der Waals surface area (Å²) in [5.74, 6) is -1.54. The third kappa shape index (κ3) is 7.59. The van der Waals surface area contributed by atoms with Crippen LogP contribution in [0.2, 0.25) is 0 Å². The lowest BCUT2D eigenvalue weighted by Gasteiger charge is -2.33. The number of halogens is 2. The number of para-hydroxylation sites is 1. The van der Waals surface area contributed by atoms with Gasteiger partial charge in [-0.25, -0.2) is 12.8 Å². The fourth-order valence-electron chi connectivity index (χ4n) is 4.36. The molecule has 0 saturated heterocycles. The summed E-state index contributed by atoms with van der Waals surface area (Å²) >= 11 is 3.41. The van der Waals surface area contributed by atoms with Crippen LogP contribution in [0, 0.1) is 5.82 Å². The fourth-order valence-corrected chi connectivity index (χ4v) is 6.04. The van der Waals surface area contributed by atoms with Gasteiger partial charge in [-0.2, -0.15) is 0 Å². The van der Waals surface area contributed by atoms with Gasteiger partial charge in [0.25, 0.3) is 10.0 Å². The van der Waals surface area contributed by atoms with Gasteiger partial charge in [0.05, 0.1) is 10.6 Å². The predicted octanol–water partition coefficient (Wildman–Crippen LogP) is 5.17. The Morgan fingerprint density at radius 3 is 2.00 bits per heavy atom. The van der Waals surface area contributed by atoms with Crippen molar-refractivity contribution in [2.24, 2.45) is 0 Å². The van der Waals surface area contributed by atoms with Crippen LogP contribution in [0.25, 0.3) is 0 Å². The second-order valence-electron chi connectivity index (χ2n) is 9.27. The zero-order valence-corrected chi connectivity index (χ0v) is 24.7. The molecule has 0 unspecified atom stereocenters. The van der Waals surface area contributed by atoms with E-state index in [0.717, 1.165) is 44.2 Å². The van der Waals surface area contributed by atoms with Gasteiger partial charge >= 0.3 is 0 Å². The molecule has 0 saturated carbocycles. The van der Waals surface area contributed by atoms with E-state index < -0.39 is 34.3 Å². The predicted molar refractivity (Wildman–Crippen MR) is 160 cm³/mol. The molecule has 4 aromatic carbocycles. The van der Waals surface area contributed by atoms with Crippen LogP contribution in [0.3, 0.4) is 0 Å². The summed E-state index contributed by atoms with van der Waals surface area (Å²) < 4.78 is 43.0. The minimum absolute atomic E-state index is 0.0657. The maximum absolute atomic E-state index is 14.2. The Balaban J connectivity index is 1.76. The number of nitrogens with one attached hydrogen (secondary N) is 1. The molecule has 0 bridgehead atoms. The quantitative estimate of drug-likeness (QED) is 0.246. The molecule has 1 atom stereocenters. The van der Waals surface area contributed by atoms with E-state index in [-0.39, 0.29) is 29.5 Å². The summed E-state index contributed by atoms with van der Waals surface area (Å²) in [7, 11) is -2.78. The molecule has 0 aliphatic rings. The molecule has 1 N–H and O–H groups in total. The highest BCUT2D eigenvalue weighted by Crippen LogP contribution is 2.25. The van der Waals surface area contributed by atoms with E-state index in [4.69, 9.17) is 0 Å². The van der Waals surface area contributed by atoms with Crippen LogP contribution in [0.1, 0.15) is 11.1 Å². The van der Waals surface area contributed by atoms with E-state index in [1.807, 2.05) is 54.6 Å². The van der Waals surface area contributed by atoms with Gasteiger partial charge in [-0.05, 0) is 59.7 Å². The van der Waals surface area contributed by atoms with Gasteiger partial charge in [-0.3, -0.25) is 13.9 Å². The standard InChI is InChI=1S/C31H29BrFN3O4S/c1-34-31(38)29(20-23-8-4-2-5-9-23)35(21-24-12-14-25(32)15-13-24)30(37)22-36(27-10-6-3-7-11-27)41(39,40)28-18-16-26(33)17-19-28/h2-19,29H,20-22H2,1H3,(H,34,38)/t29-/m1/s1. The number of hydrogen-bond acceptors (Lipinski definition) is 4. The van der Waals surface area contributed by atoms with E-state index in [2.05, 4.69) is 21.2 Å². The Morgan fingerprint density at radius 2 is 1.41 bits per heavy atom. The molecule has 0 aliphatic heterocycles. The molecule has 212 valence electrons. The molecule has 2 amide bonds. The van der Waals surface area contributed by atoms with Crippen LogP contribution in [-0.2, 0) is 32.6 Å². The van der Waals surface area contributed by atoms with Crippen LogP contribution in [0.15, 0.2) is 119 Å². The number of carbonyl (C=O) groups excluding carboxylic acids is 2. The lowest BCUT2D eigenvalue weighted by molar-refractivity contribution is -0.139. The van der Waals surface area contributed by atoms with Gasteiger partial charge in [0.2, 0.25) is 11.8 Å². The smallest absolute Gasteiger partial charge is 0.264 e. The lowest BCUT2D eigenvalue weighted by atomic mass is 10.0. The summed E-state index contributed by atoms with van der Waals surface area (Å²) in [5, 5.41) is 2.65. The fraction of sp³-hybridized carbons (Fsp3) is 0.161. The van der Waals surface area contributed by atoms with Crippen LogP contribution in [-0.4, -0.2) is 44.8 Å². The van der Waals surface area contributed by atoms with Crippen molar-refractivity contribution in [3.05, 3.63) is 131 Å². The molecular weight excluding hydrogens is 609 g/mol. The molecule has 41 heavy (non-hydrogen) atoms. The van der Waals surface area contributed by atoms with Crippen molar-refractivity contribution in [3.63, 3.8) is 0 Å². The van der Waals surface area contributed by atoms with Crippen LogP contribution >= 0.6 is 15.9 Å². The maximum Gasteiger partial charge on any atom is 0.264 e. The Kier molecular flexibility index (Phi) is 9.91. The lowest BCUT2D eigenvalue weighted by Crippen LogP contribution is -2.53. The Labute approximate surface area is 247 Å². The maximum atomic E-state index is 14.2. The number of carbonyl (C=O) groups is 2. The first kappa shape index (κ1) is 30.0. The van der Waals surface area contributed by atoms with Gasteiger partial charge in [-0.15, -0.1) is 0 Å². The van der Waals surface area contributed by atoms with Crippen molar-refractivity contribution < 1.29 is 22.4 Å². The highest BCUT2D eigenvalue weighted by atomic mass is 79.9. The molecule has 0 aliphatic carbocycles. The number of amides is 2. The summed E-state index contributed by atoms with van der Waals surface area (Å²) in [6.07, 6.45) is 0.221. The number of rotatable bonds is 11. The highest BCUT2D eigenvalue weighted by Gasteiger charge is 2.34. The number of benzene rings is 4. The third-order valence-corrected chi connectivity index (χ3v) is 8.83. The largest absolute Gasteiger partial charge is 0.357 e. The van der Waals surface area contributed by atoms with Gasteiger partial charge in [0.15, 0.2) is 0 Å². The molecule has 0 radical (unpaired) electrons. The normalized spacial score (nSPS) is 11.9. The molecule has 4 aromatic rings. The van der Waals surface area contributed by atoms with Crippen molar-refractivity contribution in [1.82, 2.24) is 10.2 Å². The van der Waals surface area contributed by atoms with Crippen molar-refractivity contribution in [2.75, 3.05) is 17.9 Å². The van der Waals surface area contributed by atoms with Crippen molar-refractivity contribution in [1.29, 1.82) is 0 Å². The molecule has 10 heteroatoms. The minimum atomic E-state index is -4.28. The zero-order chi connectivity index (χ0) is 29.4. The van der Waals surface area contributed by atoms with Gasteiger partial charge in [0.1, 0.15) is 18.4 Å². The molecule has 0 spiro atoms. The number of hydrogen-bond donors (Lipinski definition) is 1. The second-order valence-corrected chi connectivity index (χ2v) is 12.0. The van der Waals surface area contributed by atoms with Crippen LogP contribution in [0.4, 0.5) is 10.1 Å². The summed E-state index contributed by atoms with van der Waals surface area (Å²) in [4.78, 5) is 28.6. The second kappa shape index (κ2) is 13.6. The Morgan fingerprint density at radius 1 is 0.829 bits per heavy atom.